The number of aliphatic hydroxyl groups excluding tert-OH is 1. The molecule has 0 heterocycles. The standard InChI is InChI=1S/C12H17NO3/c1-3-16-11-6-4-5-10(7-11)8-13-12(15)9(2)14/h4-7,9,14H,3,8H2,1-2H3,(H,13,15). The minimum absolute atomic E-state index is 0.373. The molecule has 0 spiro atoms. The summed E-state index contributed by atoms with van der Waals surface area (Å²) in [7, 11) is 0. The predicted octanol–water partition coefficient (Wildman–Crippen LogP) is 1.08. The Bertz CT molecular complexity index is 350. The van der Waals surface area contributed by atoms with Gasteiger partial charge in [0.25, 0.3) is 0 Å². The summed E-state index contributed by atoms with van der Waals surface area (Å²) < 4.78 is 5.34. The molecule has 0 radical (unpaired) electrons. The number of benzene rings is 1. The SMILES string of the molecule is CCOc1cccc(CNC(=O)C(C)O)c1. The van der Waals surface area contributed by atoms with E-state index in [2.05, 4.69) is 5.32 Å². The molecule has 0 fully saturated rings. The fourth-order valence-corrected chi connectivity index (χ4v) is 1.25. The molecule has 1 aromatic carbocycles. The zero-order chi connectivity index (χ0) is 12.0. The monoisotopic (exact) mass is 223 g/mol. The third-order valence-electron chi connectivity index (χ3n) is 2.06. The topological polar surface area (TPSA) is 58.6 Å². The Balaban J connectivity index is 2.53. The Morgan fingerprint density at radius 2 is 2.31 bits per heavy atom. The highest BCUT2D eigenvalue weighted by atomic mass is 16.5. The first-order chi connectivity index (χ1) is 7.63. The van der Waals surface area contributed by atoms with E-state index in [1.165, 1.54) is 6.92 Å². The lowest BCUT2D eigenvalue weighted by Crippen LogP contribution is -2.31. The van der Waals surface area contributed by atoms with Crippen LogP contribution in [0.3, 0.4) is 0 Å². The van der Waals surface area contributed by atoms with Gasteiger partial charge in [0.15, 0.2) is 0 Å². The second kappa shape index (κ2) is 6.12. The lowest BCUT2D eigenvalue weighted by molar-refractivity contribution is -0.128. The molecular formula is C12H17NO3. The number of carbonyl (C=O) groups excluding carboxylic acids is 1. The van der Waals surface area contributed by atoms with Gasteiger partial charge in [-0.3, -0.25) is 4.79 Å². The summed E-state index contributed by atoms with van der Waals surface area (Å²) in [5.41, 5.74) is 0.944. The zero-order valence-electron chi connectivity index (χ0n) is 9.56. The molecule has 0 aliphatic rings. The van der Waals surface area contributed by atoms with Crippen molar-refractivity contribution in [2.75, 3.05) is 6.61 Å². The molecule has 4 heteroatoms. The van der Waals surface area contributed by atoms with Crippen LogP contribution in [0.2, 0.25) is 0 Å². The molecule has 0 aromatic heterocycles. The molecule has 1 rings (SSSR count). The average Bonchev–Trinajstić information content (AvgIpc) is 2.26. The van der Waals surface area contributed by atoms with E-state index in [9.17, 15) is 4.79 Å². The van der Waals surface area contributed by atoms with Crippen molar-refractivity contribution in [3.05, 3.63) is 29.8 Å². The van der Waals surface area contributed by atoms with E-state index in [4.69, 9.17) is 9.84 Å². The number of hydrogen-bond donors (Lipinski definition) is 2. The predicted molar refractivity (Wildman–Crippen MR) is 61.1 cm³/mol. The van der Waals surface area contributed by atoms with Gasteiger partial charge in [0.05, 0.1) is 6.61 Å². The summed E-state index contributed by atoms with van der Waals surface area (Å²) in [4.78, 5) is 11.1. The van der Waals surface area contributed by atoms with Crippen molar-refractivity contribution in [2.24, 2.45) is 0 Å². The van der Waals surface area contributed by atoms with Crippen molar-refractivity contribution >= 4 is 5.91 Å². The van der Waals surface area contributed by atoms with Gasteiger partial charge in [0.2, 0.25) is 5.91 Å². The number of hydrogen-bond acceptors (Lipinski definition) is 3. The summed E-state index contributed by atoms with van der Waals surface area (Å²) in [5, 5.41) is 11.6. The van der Waals surface area contributed by atoms with E-state index < -0.39 is 6.10 Å². The molecular weight excluding hydrogens is 206 g/mol. The van der Waals surface area contributed by atoms with Crippen molar-refractivity contribution in [1.29, 1.82) is 0 Å². The molecule has 2 N–H and O–H groups in total. The second-order valence-electron chi connectivity index (χ2n) is 3.47. The zero-order valence-corrected chi connectivity index (χ0v) is 9.56. The first kappa shape index (κ1) is 12.5. The van der Waals surface area contributed by atoms with Crippen molar-refractivity contribution in [3.8, 4) is 5.75 Å². The number of nitrogens with one attached hydrogen (secondary N) is 1. The number of amides is 1. The Morgan fingerprint density at radius 3 is 2.94 bits per heavy atom. The van der Waals surface area contributed by atoms with Crippen molar-refractivity contribution in [1.82, 2.24) is 5.32 Å². The van der Waals surface area contributed by atoms with Gasteiger partial charge >= 0.3 is 0 Å². The van der Waals surface area contributed by atoms with Crippen LogP contribution in [0.5, 0.6) is 5.75 Å². The van der Waals surface area contributed by atoms with Crippen LogP contribution in [-0.4, -0.2) is 23.7 Å². The minimum Gasteiger partial charge on any atom is -0.494 e. The molecule has 1 amide bonds. The largest absolute Gasteiger partial charge is 0.494 e. The Kier molecular flexibility index (Phi) is 4.79. The minimum atomic E-state index is -0.977. The quantitative estimate of drug-likeness (QED) is 0.785. The summed E-state index contributed by atoms with van der Waals surface area (Å²) >= 11 is 0. The summed E-state index contributed by atoms with van der Waals surface area (Å²) in [6, 6.07) is 7.50. The average molecular weight is 223 g/mol. The van der Waals surface area contributed by atoms with Crippen LogP contribution < -0.4 is 10.1 Å². The normalized spacial score (nSPS) is 11.9. The highest BCUT2D eigenvalue weighted by molar-refractivity contribution is 5.79. The van der Waals surface area contributed by atoms with E-state index >= 15 is 0 Å². The number of aliphatic hydroxyl groups is 1. The van der Waals surface area contributed by atoms with Gasteiger partial charge in [-0.1, -0.05) is 12.1 Å². The van der Waals surface area contributed by atoms with Gasteiger partial charge in [-0.25, -0.2) is 0 Å². The molecule has 1 atom stereocenters. The summed E-state index contributed by atoms with van der Waals surface area (Å²) in [6.07, 6.45) is -0.977. The second-order valence-corrected chi connectivity index (χ2v) is 3.47. The maximum Gasteiger partial charge on any atom is 0.248 e. The van der Waals surface area contributed by atoms with Crippen LogP contribution in [0.1, 0.15) is 19.4 Å². The molecule has 16 heavy (non-hydrogen) atoms. The first-order valence-electron chi connectivity index (χ1n) is 5.31. The van der Waals surface area contributed by atoms with Gasteiger partial charge in [-0.05, 0) is 31.5 Å². The smallest absolute Gasteiger partial charge is 0.248 e. The molecule has 1 unspecified atom stereocenters. The molecule has 1 aromatic rings. The lowest BCUT2D eigenvalue weighted by Gasteiger charge is -2.08. The first-order valence-corrected chi connectivity index (χ1v) is 5.31. The summed E-state index contributed by atoms with van der Waals surface area (Å²) in [6.45, 7) is 4.36. The Hall–Kier alpha value is -1.55. The fraction of sp³-hybridized carbons (Fsp3) is 0.417. The maximum atomic E-state index is 11.1. The van der Waals surface area contributed by atoms with E-state index in [1.807, 2.05) is 31.2 Å². The number of carbonyl (C=O) groups is 1. The number of ether oxygens (including phenoxy) is 1. The van der Waals surface area contributed by atoms with Gasteiger partial charge < -0.3 is 15.2 Å². The van der Waals surface area contributed by atoms with Crippen LogP contribution in [0.25, 0.3) is 0 Å². The van der Waals surface area contributed by atoms with Crippen molar-refractivity contribution < 1.29 is 14.6 Å². The lowest BCUT2D eigenvalue weighted by atomic mass is 10.2. The Morgan fingerprint density at radius 1 is 1.56 bits per heavy atom. The van der Waals surface area contributed by atoms with Crippen LogP contribution in [0, 0.1) is 0 Å². The van der Waals surface area contributed by atoms with Gasteiger partial charge in [0.1, 0.15) is 11.9 Å². The highest BCUT2D eigenvalue weighted by Crippen LogP contribution is 2.12. The van der Waals surface area contributed by atoms with Crippen molar-refractivity contribution in [3.63, 3.8) is 0 Å². The van der Waals surface area contributed by atoms with Crippen LogP contribution in [-0.2, 0) is 11.3 Å². The van der Waals surface area contributed by atoms with E-state index in [0.29, 0.717) is 13.2 Å². The molecule has 0 aliphatic heterocycles. The molecule has 4 nitrogen and oxygen atoms in total. The van der Waals surface area contributed by atoms with Crippen LogP contribution >= 0.6 is 0 Å². The van der Waals surface area contributed by atoms with Crippen LogP contribution in [0.4, 0.5) is 0 Å². The van der Waals surface area contributed by atoms with E-state index in [1.54, 1.807) is 0 Å². The van der Waals surface area contributed by atoms with Crippen LogP contribution in [0.15, 0.2) is 24.3 Å². The number of rotatable bonds is 5. The van der Waals surface area contributed by atoms with E-state index in [-0.39, 0.29) is 5.91 Å². The van der Waals surface area contributed by atoms with Gasteiger partial charge in [-0.15, -0.1) is 0 Å². The van der Waals surface area contributed by atoms with E-state index in [0.717, 1.165) is 11.3 Å². The molecule has 0 saturated carbocycles. The fourth-order valence-electron chi connectivity index (χ4n) is 1.25. The molecule has 0 bridgehead atoms. The maximum absolute atomic E-state index is 11.1. The third kappa shape index (κ3) is 3.90. The third-order valence-corrected chi connectivity index (χ3v) is 2.06. The molecule has 88 valence electrons. The Labute approximate surface area is 95.2 Å². The summed E-state index contributed by atoms with van der Waals surface area (Å²) in [5.74, 6) is 0.410. The van der Waals surface area contributed by atoms with Gasteiger partial charge in [0, 0.05) is 6.54 Å². The van der Waals surface area contributed by atoms with Gasteiger partial charge in [-0.2, -0.15) is 0 Å². The molecule has 0 aliphatic carbocycles. The molecule has 0 saturated heterocycles. The highest BCUT2D eigenvalue weighted by Gasteiger charge is 2.07. The van der Waals surface area contributed by atoms with Crippen molar-refractivity contribution in [2.45, 2.75) is 26.5 Å².